The Morgan fingerprint density at radius 2 is 1.44 bits per heavy atom. The van der Waals surface area contributed by atoms with E-state index in [1.54, 1.807) is 0 Å². The Morgan fingerprint density at radius 1 is 0.797 bits per heavy atom. The van der Waals surface area contributed by atoms with Gasteiger partial charge in [-0.05, 0) is 115 Å². The van der Waals surface area contributed by atoms with E-state index in [2.05, 4.69) is 40.7 Å². The maximum absolute atomic E-state index is 12.3. The second-order valence-electron chi connectivity index (χ2n) is 20.8. The Hall–Kier alpha value is -1.31. The van der Waals surface area contributed by atoms with Crippen LogP contribution < -0.4 is 0 Å². The van der Waals surface area contributed by atoms with Gasteiger partial charge < -0.3 is 69.6 Å². The van der Waals surface area contributed by atoms with E-state index in [4.69, 9.17) is 23.7 Å². The van der Waals surface area contributed by atoms with Crippen LogP contribution >= 0.6 is 0 Å². The highest BCUT2D eigenvalue weighted by Gasteiger charge is 2.84. The normalized spacial score (nSPS) is 52.1. The summed E-state index contributed by atoms with van der Waals surface area (Å²) in [5.41, 5.74) is -0.0147. The Morgan fingerprint density at radius 3 is 2.08 bits per heavy atom. The van der Waals surface area contributed by atoms with E-state index in [-0.39, 0.29) is 51.9 Å². The monoisotopic (exact) mass is 840 g/mol. The summed E-state index contributed by atoms with van der Waals surface area (Å²) in [6.07, 6.45) is -5.19. The summed E-state index contributed by atoms with van der Waals surface area (Å²) in [6, 6.07) is 0. The van der Waals surface area contributed by atoms with Gasteiger partial charge in [0.15, 0.2) is 18.7 Å². The summed E-state index contributed by atoms with van der Waals surface area (Å²) in [7, 11) is 0. The molecule has 9 N–H and O–H groups in total. The molecule has 59 heavy (non-hydrogen) atoms. The van der Waals surface area contributed by atoms with Crippen molar-refractivity contribution in [2.24, 2.45) is 50.7 Å². The Labute approximate surface area is 348 Å². The van der Waals surface area contributed by atoms with Gasteiger partial charge >= 0.3 is 5.97 Å². The lowest BCUT2D eigenvalue weighted by Gasteiger charge is -2.64. The zero-order valence-electron chi connectivity index (χ0n) is 35.9. The van der Waals surface area contributed by atoms with Crippen LogP contribution in [0, 0.1) is 50.7 Å². The van der Waals surface area contributed by atoms with Crippen LogP contribution in [0.5, 0.6) is 0 Å². The Kier molecular flexibility index (Phi) is 12.7. The van der Waals surface area contributed by atoms with Crippen molar-refractivity contribution in [1.29, 1.82) is 0 Å². The molecular weight excluding hydrogens is 768 g/mol. The van der Waals surface area contributed by atoms with E-state index in [1.165, 1.54) is 6.92 Å². The van der Waals surface area contributed by atoms with Gasteiger partial charge in [-0.15, -0.1) is 0 Å². The van der Waals surface area contributed by atoms with Gasteiger partial charge in [0.2, 0.25) is 0 Å². The fourth-order valence-corrected chi connectivity index (χ4v) is 14.6. The van der Waals surface area contributed by atoms with E-state index in [1.807, 2.05) is 6.92 Å². The molecule has 15 nitrogen and oxygen atoms in total. The first-order valence-corrected chi connectivity index (χ1v) is 22.0. The SMILES string of the molecule is CC(=O)O[C@H]1[C@H](O[C@H]2CC[C@]34C[C@]35CC[C@]3(C)[C@@H]([C@H](C)CC/C=C(\C)CO[C@@H]6O[C@H](CO)[C@@H](O)[C@H](O)[C@H]6O)[C@@H](O)C[C@@]3(C)[C@@H]5C[C@H](O)[C@@H]4C2(C)C)O[C@H](CO)[C@@H](O)[C@@H]1O. The molecule has 338 valence electrons. The molecule has 2 aliphatic heterocycles. The molecule has 2 saturated heterocycles. The van der Waals surface area contributed by atoms with Crippen molar-refractivity contribution in [3.05, 3.63) is 11.6 Å². The number of hydrogen-bond acceptors (Lipinski definition) is 15. The minimum absolute atomic E-state index is 0.0376. The summed E-state index contributed by atoms with van der Waals surface area (Å²) in [6.45, 7) is 13.4. The van der Waals surface area contributed by atoms with Gasteiger partial charge in [0, 0.05) is 6.92 Å². The number of carbonyl (C=O) groups is 1. The summed E-state index contributed by atoms with van der Waals surface area (Å²) in [5, 5.41) is 95.6. The average Bonchev–Trinajstić information content (AvgIpc) is 3.76. The number of allylic oxidation sites excluding steroid dienone is 1. The lowest BCUT2D eigenvalue weighted by atomic mass is 9.41. The van der Waals surface area contributed by atoms with Crippen molar-refractivity contribution < 1.29 is 74.4 Å². The molecule has 0 aromatic carbocycles. The molecule has 5 saturated carbocycles. The summed E-state index contributed by atoms with van der Waals surface area (Å²) in [4.78, 5) is 12.0. The van der Waals surface area contributed by atoms with Crippen molar-refractivity contribution in [3.63, 3.8) is 0 Å². The average molecular weight is 841 g/mol. The predicted octanol–water partition coefficient (Wildman–Crippen LogP) is 1.30. The third kappa shape index (κ3) is 7.18. The van der Waals surface area contributed by atoms with Gasteiger partial charge in [0.05, 0.1) is 38.1 Å². The van der Waals surface area contributed by atoms with E-state index in [0.717, 1.165) is 44.1 Å². The van der Waals surface area contributed by atoms with E-state index >= 15 is 0 Å². The number of fused-ring (bicyclic) bond motifs is 2. The molecule has 2 spiro atoms. The van der Waals surface area contributed by atoms with Crippen molar-refractivity contribution in [1.82, 2.24) is 0 Å². The van der Waals surface area contributed by atoms with Crippen molar-refractivity contribution in [2.45, 2.75) is 186 Å². The van der Waals surface area contributed by atoms with Gasteiger partial charge in [-0.3, -0.25) is 4.79 Å². The highest BCUT2D eigenvalue weighted by atomic mass is 16.7. The van der Waals surface area contributed by atoms with Gasteiger partial charge in [0.25, 0.3) is 0 Å². The van der Waals surface area contributed by atoms with Crippen LogP contribution in [0.2, 0.25) is 0 Å². The summed E-state index contributed by atoms with van der Waals surface area (Å²) >= 11 is 0. The smallest absolute Gasteiger partial charge is 0.303 e. The number of rotatable bonds is 12. The summed E-state index contributed by atoms with van der Waals surface area (Å²) in [5.74, 6) is -0.221. The zero-order valence-corrected chi connectivity index (χ0v) is 35.9. The number of hydrogen-bond donors (Lipinski definition) is 9. The molecule has 21 atom stereocenters. The standard InChI is InChI=1S/C44H72O15/c1-21(19-55-38-35(54)33(52)31(50)26(17-45)57-38)9-8-10-22(2)30-25(49)16-42(7)28-15-24(48)37-40(4,5)29(11-12-44(37)20-43(28,44)14-13-41(30,42)6)59-39-36(56-23(3)47)34(53)32(51)27(18-46)58-39/h9,22,24-39,45-46,48-54H,8,10-20H2,1-7H3/b21-9+/t22-,24+,25+,26-,27-,28+,29+,30+,31-,32-,33+,34+,35-,36-,37-,38-,39+,41-,42+,43+,44-/m1/s1. The topological polar surface area (TPSA) is 245 Å². The molecule has 15 heteroatoms. The molecule has 0 amide bonds. The first kappa shape index (κ1) is 45.7. The van der Waals surface area contributed by atoms with Crippen molar-refractivity contribution in [3.8, 4) is 0 Å². The van der Waals surface area contributed by atoms with Gasteiger partial charge in [-0.1, -0.05) is 46.3 Å². The van der Waals surface area contributed by atoms with E-state index in [9.17, 15) is 50.8 Å². The molecule has 0 bridgehead atoms. The molecule has 7 fully saturated rings. The number of carbonyl (C=O) groups excluding carboxylic acids is 1. The van der Waals surface area contributed by atoms with Crippen LogP contribution in [0.1, 0.15) is 106 Å². The molecular formula is C44H72O15. The molecule has 5 aliphatic carbocycles. The molecule has 0 aromatic heterocycles. The van der Waals surface area contributed by atoms with Crippen LogP contribution in [0.4, 0.5) is 0 Å². The molecule has 2 heterocycles. The second-order valence-corrected chi connectivity index (χ2v) is 20.8. The first-order chi connectivity index (χ1) is 27.6. The second kappa shape index (κ2) is 16.4. The highest BCUT2D eigenvalue weighted by molar-refractivity contribution is 5.66. The number of esters is 1. The lowest BCUT2D eigenvalue weighted by molar-refractivity contribution is -0.330. The quantitative estimate of drug-likeness (QED) is 0.0764. The van der Waals surface area contributed by atoms with Crippen LogP contribution in [-0.2, 0) is 28.5 Å². The third-order valence-corrected chi connectivity index (χ3v) is 17.5. The highest BCUT2D eigenvalue weighted by Crippen LogP contribution is 2.89. The molecule has 0 aromatic rings. The first-order valence-electron chi connectivity index (χ1n) is 22.0. The molecule has 0 radical (unpaired) electrons. The minimum atomic E-state index is -1.51. The van der Waals surface area contributed by atoms with Crippen LogP contribution in [-0.4, -0.2) is 151 Å². The number of aliphatic hydroxyl groups is 9. The largest absolute Gasteiger partial charge is 0.454 e. The van der Waals surface area contributed by atoms with Gasteiger partial charge in [-0.2, -0.15) is 0 Å². The number of aliphatic hydroxyl groups excluding tert-OH is 9. The summed E-state index contributed by atoms with van der Waals surface area (Å²) < 4.78 is 29.1. The van der Waals surface area contributed by atoms with Crippen molar-refractivity contribution >= 4 is 5.97 Å². The van der Waals surface area contributed by atoms with Gasteiger partial charge in [-0.25, -0.2) is 0 Å². The molecule has 7 rings (SSSR count). The predicted molar refractivity (Wildman–Crippen MR) is 210 cm³/mol. The Bertz CT molecular complexity index is 1560. The zero-order chi connectivity index (χ0) is 43.2. The molecule has 0 unspecified atom stereocenters. The van der Waals surface area contributed by atoms with Crippen molar-refractivity contribution in [2.75, 3.05) is 19.8 Å². The van der Waals surface area contributed by atoms with Crippen LogP contribution in [0.3, 0.4) is 0 Å². The van der Waals surface area contributed by atoms with E-state index < -0.39 is 104 Å². The Balaban J connectivity index is 1.02. The van der Waals surface area contributed by atoms with E-state index in [0.29, 0.717) is 19.3 Å². The number of ether oxygens (including phenoxy) is 5. The maximum atomic E-state index is 12.3. The van der Waals surface area contributed by atoms with Crippen LogP contribution in [0.15, 0.2) is 11.6 Å². The third-order valence-electron chi connectivity index (χ3n) is 17.5. The fourth-order valence-electron chi connectivity index (χ4n) is 14.6. The maximum Gasteiger partial charge on any atom is 0.303 e. The lowest BCUT2D eigenvalue weighted by Crippen LogP contribution is -2.64. The van der Waals surface area contributed by atoms with Gasteiger partial charge in [0.1, 0.15) is 42.7 Å². The van der Waals surface area contributed by atoms with Crippen LogP contribution in [0.25, 0.3) is 0 Å². The minimum Gasteiger partial charge on any atom is -0.454 e. The fraction of sp³-hybridized carbons (Fsp3) is 0.932. The molecule has 7 aliphatic rings.